The first kappa shape index (κ1) is 21.4. The molecule has 2 atom stereocenters. The molecule has 1 aliphatic rings. The SMILES string of the molecule is CC(C)OC[C@H](O)CN(Cc1ccc(F)cc1)C[C@@H]1CC(c2ccccc2)=NO1. The van der Waals surface area contributed by atoms with Gasteiger partial charge in [-0.05, 0) is 37.1 Å². The van der Waals surface area contributed by atoms with Crippen molar-refractivity contribution < 1.29 is 19.1 Å². The lowest BCUT2D eigenvalue weighted by atomic mass is 10.0. The number of halogens is 1. The highest BCUT2D eigenvalue weighted by molar-refractivity contribution is 6.01. The van der Waals surface area contributed by atoms with Crippen molar-refractivity contribution in [1.82, 2.24) is 4.90 Å². The van der Waals surface area contributed by atoms with Crippen molar-refractivity contribution in [1.29, 1.82) is 0 Å². The second kappa shape index (κ2) is 10.5. The summed E-state index contributed by atoms with van der Waals surface area (Å²) in [5, 5.41) is 14.6. The number of nitrogens with zero attached hydrogens (tertiary/aromatic N) is 2. The Morgan fingerprint density at radius 1 is 1.17 bits per heavy atom. The third-order valence-corrected chi connectivity index (χ3v) is 4.71. The van der Waals surface area contributed by atoms with E-state index in [1.807, 2.05) is 44.2 Å². The Morgan fingerprint density at radius 2 is 1.90 bits per heavy atom. The van der Waals surface area contributed by atoms with Crippen LogP contribution in [0.4, 0.5) is 4.39 Å². The van der Waals surface area contributed by atoms with Crippen molar-refractivity contribution in [3.05, 3.63) is 71.5 Å². The standard InChI is InChI=1S/C23H29FN2O3/c1-17(2)28-16-21(27)14-26(13-18-8-10-20(24)11-9-18)15-22-12-23(25-29-22)19-6-4-3-5-7-19/h3-11,17,21-22,27H,12-16H2,1-2H3/t21-,22+/m1/s1. The predicted octanol–water partition coefficient (Wildman–Crippen LogP) is 3.61. The first-order valence-electron chi connectivity index (χ1n) is 10.0. The minimum Gasteiger partial charge on any atom is -0.390 e. The fourth-order valence-corrected chi connectivity index (χ4v) is 3.32. The van der Waals surface area contributed by atoms with Gasteiger partial charge in [0.2, 0.25) is 0 Å². The zero-order chi connectivity index (χ0) is 20.6. The molecule has 0 spiro atoms. The lowest BCUT2D eigenvalue weighted by Crippen LogP contribution is -2.39. The van der Waals surface area contributed by atoms with E-state index in [4.69, 9.17) is 9.57 Å². The molecule has 1 aliphatic heterocycles. The van der Waals surface area contributed by atoms with Gasteiger partial charge in [0.25, 0.3) is 0 Å². The van der Waals surface area contributed by atoms with E-state index in [1.165, 1.54) is 12.1 Å². The number of aliphatic hydroxyl groups excluding tert-OH is 1. The van der Waals surface area contributed by atoms with Crippen LogP contribution in [0.2, 0.25) is 0 Å². The molecule has 29 heavy (non-hydrogen) atoms. The fourth-order valence-electron chi connectivity index (χ4n) is 3.32. The highest BCUT2D eigenvalue weighted by atomic mass is 19.1. The molecule has 3 rings (SSSR count). The van der Waals surface area contributed by atoms with Crippen LogP contribution in [0, 0.1) is 5.82 Å². The number of oxime groups is 1. The van der Waals surface area contributed by atoms with E-state index in [2.05, 4.69) is 10.1 Å². The van der Waals surface area contributed by atoms with Crippen LogP contribution < -0.4 is 0 Å². The van der Waals surface area contributed by atoms with Crippen molar-refractivity contribution >= 4 is 5.71 Å². The highest BCUT2D eigenvalue weighted by Gasteiger charge is 2.25. The molecule has 2 aromatic carbocycles. The smallest absolute Gasteiger partial charge is 0.145 e. The highest BCUT2D eigenvalue weighted by Crippen LogP contribution is 2.19. The fraction of sp³-hybridized carbons (Fsp3) is 0.435. The third-order valence-electron chi connectivity index (χ3n) is 4.71. The zero-order valence-corrected chi connectivity index (χ0v) is 17.0. The van der Waals surface area contributed by atoms with Crippen molar-refractivity contribution in [3.63, 3.8) is 0 Å². The largest absolute Gasteiger partial charge is 0.390 e. The molecular formula is C23H29FN2O3. The minimum absolute atomic E-state index is 0.0650. The number of benzene rings is 2. The number of rotatable bonds is 10. The van der Waals surface area contributed by atoms with Crippen LogP contribution in [-0.4, -0.2) is 53.7 Å². The lowest BCUT2D eigenvalue weighted by Gasteiger charge is -2.27. The predicted molar refractivity (Wildman–Crippen MR) is 111 cm³/mol. The first-order valence-corrected chi connectivity index (χ1v) is 10.0. The average Bonchev–Trinajstić information content (AvgIpc) is 3.17. The molecule has 0 fully saturated rings. The normalized spacial score (nSPS) is 17.4. The number of hydrogen-bond acceptors (Lipinski definition) is 5. The molecule has 156 valence electrons. The molecule has 0 radical (unpaired) electrons. The van der Waals surface area contributed by atoms with Crippen molar-refractivity contribution in [3.8, 4) is 0 Å². The van der Waals surface area contributed by atoms with Gasteiger partial charge in [-0.1, -0.05) is 47.6 Å². The second-order valence-corrected chi connectivity index (χ2v) is 7.69. The summed E-state index contributed by atoms with van der Waals surface area (Å²) >= 11 is 0. The molecule has 1 heterocycles. The molecule has 0 bridgehead atoms. The Labute approximate surface area is 171 Å². The van der Waals surface area contributed by atoms with Crippen LogP contribution in [0.1, 0.15) is 31.4 Å². The molecule has 5 nitrogen and oxygen atoms in total. The van der Waals surface area contributed by atoms with Gasteiger partial charge in [0.1, 0.15) is 11.9 Å². The van der Waals surface area contributed by atoms with Crippen molar-refractivity contribution in [2.45, 2.75) is 45.1 Å². The average molecular weight is 400 g/mol. The van der Waals surface area contributed by atoms with Gasteiger partial charge in [-0.2, -0.15) is 0 Å². The number of ether oxygens (including phenoxy) is 1. The Kier molecular flexibility index (Phi) is 7.75. The summed E-state index contributed by atoms with van der Waals surface area (Å²) in [7, 11) is 0. The minimum atomic E-state index is -0.617. The summed E-state index contributed by atoms with van der Waals surface area (Å²) in [6, 6.07) is 16.4. The number of aliphatic hydroxyl groups is 1. The summed E-state index contributed by atoms with van der Waals surface area (Å²) in [6.07, 6.45) is 0.0653. The maximum absolute atomic E-state index is 13.2. The molecule has 1 N–H and O–H groups in total. The monoisotopic (exact) mass is 400 g/mol. The van der Waals surface area contributed by atoms with E-state index in [1.54, 1.807) is 12.1 Å². The molecular weight excluding hydrogens is 371 g/mol. The van der Waals surface area contributed by atoms with E-state index in [-0.39, 0.29) is 24.6 Å². The van der Waals surface area contributed by atoms with Gasteiger partial charge in [-0.3, -0.25) is 4.90 Å². The molecule has 0 amide bonds. The van der Waals surface area contributed by atoms with Crippen molar-refractivity contribution in [2.75, 3.05) is 19.7 Å². The van der Waals surface area contributed by atoms with E-state index >= 15 is 0 Å². The molecule has 0 aromatic heterocycles. The lowest BCUT2D eigenvalue weighted by molar-refractivity contribution is -0.0194. The van der Waals surface area contributed by atoms with E-state index in [0.717, 1.165) is 16.8 Å². The first-order chi connectivity index (χ1) is 14.0. The van der Waals surface area contributed by atoms with Gasteiger partial charge in [0.15, 0.2) is 0 Å². The van der Waals surface area contributed by atoms with Gasteiger partial charge in [-0.25, -0.2) is 4.39 Å². The maximum Gasteiger partial charge on any atom is 0.145 e. The van der Waals surface area contributed by atoms with Gasteiger partial charge in [-0.15, -0.1) is 0 Å². The summed E-state index contributed by atoms with van der Waals surface area (Å²) in [5.74, 6) is -0.259. The van der Waals surface area contributed by atoms with Gasteiger partial charge >= 0.3 is 0 Å². The van der Waals surface area contributed by atoms with Crippen molar-refractivity contribution in [2.24, 2.45) is 5.16 Å². The molecule has 2 aromatic rings. The Hall–Kier alpha value is -2.28. The third kappa shape index (κ3) is 6.92. The Bertz CT molecular complexity index is 780. The Balaban J connectivity index is 1.60. The zero-order valence-electron chi connectivity index (χ0n) is 17.0. The number of hydrogen-bond donors (Lipinski definition) is 1. The maximum atomic E-state index is 13.2. The van der Waals surface area contributed by atoms with Gasteiger partial charge < -0.3 is 14.7 Å². The van der Waals surface area contributed by atoms with Crippen LogP contribution in [0.15, 0.2) is 59.8 Å². The quantitative estimate of drug-likeness (QED) is 0.662. The Morgan fingerprint density at radius 3 is 2.59 bits per heavy atom. The molecule has 0 aliphatic carbocycles. The molecule has 0 unspecified atom stereocenters. The second-order valence-electron chi connectivity index (χ2n) is 7.69. The van der Waals surface area contributed by atoms with Gasteiger partial charge in [0, 0.05) is 26.1 Å². The van der Waals surface area contributed by atoms with Crippen LogP contribution in [0.25, 0.3) is 0 Å². The van der Waals surface area contributed by atoms with Crippen LogP contribution in [0.3, 0.4) is 0 Å². The van der Waals surface area contributed by atoms with Crippen LogP contribution >= 0.6 is 0 Å². The summed E-state index contributed by atoms with van der Waals surface area (Å²) in [5.41, 5.74) is 2.97. The van der Waals surface area contributed by atoms with E-state index in [9.17, 15) is 9.50 Å². The molecule has 6 heteroatoms. The van der Waals surface area contributed by atoms with Crippen LogP contribution in [0.5, 0.6) is 0 Å². The van der Waals surface area contributed by atoms with Gasteiger partial charge in [0.05, 0.1) is 24.5 Å². The topological polar surface area (TPSA) is 54.3 Å². The summed E-state index contributed by atoms with van der Waals surface area (Å²) < 4.78 is 18.8. The molecule has 0 saturated heterocycles. The summed E-state index contributed by atoms with van der Waals surface area (Å²) in [4.78, 5) is 7.77. The van der Waals surface area contributed by atoms with E-state index in [0.29, 0.717) is 26.1 Å². The summed E-state index contributed by atoms with van der Waals surface area (Å²) in [6.45, 7) is 5.78. The molecule has 0 saturated carbocycles. The van der Waals surface area contributed by atoms with Crippen LogP contribution in [-0.2, 0) is 16.1 Å². The van der Waals surface area contributed by atoms with E-state index < -0.39 is 6.10 Å².